The molecule has 2 heterocycles. The van der Waals surface area contributed by atoms with Gasteiger partial charge in [-0.15, -0.1) is 0 Å². The maximum atomic E-state index is 4.66. The number of nitrogens with zero attached hydrogens (tertiary/aromatic N) is 2. The lowest BCUT2D eigenvalue weighted by atomic mass is 9.98. The molecule has 1 N–H and O–H groups in total. The van der Waals surface area contributed by atoms with Crippen LogP contribution in [0, 0.1) is 5.92 Å². The summed E-state index contributed by atoms with van der Waals surface area (Å²) < 4.78 is 0. The van der Waals surface area contributed by atoms with Crippen LogP contribution in [0.15, 0.2) is 18.3 Å². The predicted octanol–water partition coefficient (Wildman–Crippen LogP) is 3.60. The molecule has 0 saturated carbocycles. The molecule has 1 saturated heterocycles. The largest absolute Gasteiger partial charge is 0.356 e. The smallest absolute Gasteiger partial charge is 0.133 e. The molecule has 0 amide bonds. The average Bonchev–Trinajstić information content (AvgIpc) is 2.73. The molecule has 3 heteroatoms. The van der Waals surface area contributed by atoms with Gasteiger partial charge in [0.1, 0.15) is 5.82 Å². The number of aromatic nitrogens is 1. The van der Waals surface area contributed by atoms with Crippen molar-refractivity contribution in [3.63, 3.8) is 0 Å². The molecular weight excluding hydrogens is 246 g/mol. The summed E-state index contributed by atoms with van der Waals surface area (Å²) in [5.74, 6) is 2.11. The Bertz CT molecular complexity index is 392. The fraction of sp³-hybridized carbons (Fsp3) is 0.706. The Balaban J connectivity index is 2.03. The minimum atomic E-state index is 0.908. The summed E-state index contributed by atoms with van der Waals surface area (Å²) in [5, 5.41) is 3.50. The fourth-order valence-electron chi connectivity index (χ4n) is 3.04. The van der Waals surface area contributed by atoms with Crippen LogP contribution in [-0.4, -0.2) is 24.6 Å². The number of rotatable bonds is 6. The summed E-state index contributed by atoms with van der Waals surface area (Å²) in [7, 11) is 0. The summed E-state index contributed by atoms with van der Waals surface area (Å²) in [6.07, 6.45) is 8.42. The maximum Gasteiger partial charge on any atom is 0.133 e. The van der Waals surface area contributed by atoms with Crippen molar-refractivity contribution in [3.05, 3.63) is 23.9 Å². The quantitative estimate of drug-likeness (QED) is 0.804. The number of nitrogens with one attached hydrogen (secondary N) is 1. The number of anilines is 1. The first-order valence-electron chi connectivity index (χ1n) is 8.24. The Morgan fingerprint density at radius 1 is 1.30 bits per heavy atom. The van der Waals surface area contributed by atoms with Gasteiger partial charge in [-0.3, -0.25) is 0 Å². The summed E-state index contributed by atoms with van der Waals surface area (Å²) in [5.41, 5.74) is 1.34. The van der Waals surface area contributed by atoms with Gasteiger partial charge in [-0.1, -0.05) is 26.3 Å². The van der Waals surface area contributed by atoms with Crippen LogP contribution in [0.25, 0.3) is 0 Å². The van der Waals surface area contributed by atoms with Crippen molar-refractivity contribution < 1.29 is 0 Å². The Morgan fingerprint density at radius 2 is 2.20 bits per heavy atom. The summed E-state index contributed by atoms with van der Waals surface area (Å²) >= 11 is 0. The van der Waals surface area contributed by atoms with E-state index < -0.39 is 0 Å². The van der Waals surface area contributed by atoms with Gasteiger partial charge in [0.15, 0.2) is 0 Å². The van der Waals surface area contributed by atoms with E-state index in [1.54, 1.807) is 0 Å². The molecule has 112 valence electrons. The third-order valence-electron chi connectivity index (χ3n) is 4.33. The molecule has 0 aliphatic carbocycles. The summed E-state index contributed by atoms with van der Waals surface area (Å²) in [4.78, 5) is 7.16. The number of hydrogen-bond donors (Lipinski definition) is 1. The minimum Gasteiger partial charge on any atom is -0.356 e. The van der Waals surface area contributed by atoms with Crippen molar-refractivity contribution in [3.8, 4) is 0 Å². The topological polar surface area (TPSA) is 28.2 Å². The highest BCUT2D eigenvalue weighted by atomic mass is 15.2. The van der Waals surface area contributed by atoms with E-state index in [1.807, 2.05) is 6.20 Å². The van der Waals surface area contributed by atoms with Crippen LogP contribution >= 0.6 is 0 Å². The molecular formula is C17H29N3. The molecule has 0 spiro atoms. The van der Waals surface area contributed by atoms with Crippen molar-refractivity contribution in [1.29, 1.82) is 0 Å². The van der Waals surface area contributed by atoms with E-state index in [9.17, 15) is 0 Å². The highest BCUT2D eigenvalue weighted by Crippen LogP contribution is 2.25. The van der Waals surface area contributed by atoms with Crippen LogP contribution in [-0.2, 0) is 6.54 Å². The zero-order valence-corrected chi connectivity index (χ0v) is 13.1. The first kappa shape index (κ1) is 15.3. The molecule has 0 radical (unpaired) electrons. The lowest BCUT2D eigenvalue weighted by molar-refractivity contribution is 0.459. The van der Waals surface area contributed by atoms with E-state index in [0.717, 1.165) is 32.1 Å². The summed E-state index contributed by atoms with van der Waals surface area (Å²) in [6.45, 7) is 8.86. The Hall–Kier alpha value is -1.09. The molecule has 20 heavy (non-hydrogen) atoms. The van der Waals surface area contributed by atoms with Gasteiger partial charge in [-0.05, 0) is 44.2 Å². The maximum absolute atomic E-state index is 4.66. The van der Waals surface area contributed by atoms with Crippen LogP contribution in [0.5, 0.6) is 0 Å². The Labute approximate surface area is 123 Å². The van der Waals surface area contributed by atoms with E-state index in [1.165, 1.54) is 43.5 Å². The SMILES string of the molecule is CCCNCc1cccnc1N1CCCC(CC)CC1. The summed E-state index contributed by atoms with van der Waals surface area (Å²) in [6, 6.07) is 4.27. The fourth-order valence-corrected chi connectivity index (χ4v) is 3.04. The predicted molar refractivity (Wildman–Crippen MR) is 86.1 cm³/mol. The second-order valence-corrected chi connectivity index (χ2v) is 5.86. The van der Waals surface area contributed by atoms with Crippen molar-refractivity contribution in [2.75, 3.05) is 24.5 Å². The van der Waals surface area contributed by atoms with E-state index >= 15 is 0 Å². The molecule has 1 atom stereocenters. The molecule has 3 nitrogen and oxygen atoms in total. The molecule has 1 aromatic heterocycles. The zero-order valence-electron chi connectivity index (χ0n) is 13.1. The van der Waals surface area contributed by atoms with Crippen LogP contribution in [0.4, 0.5) is 5.82 Å². The Kier molecular flexibility index (Phi) is 6.31. The van der Waals surface area contributed by atoms with E-state index in [2.05, 4.69) is 41.2 Å². The van der Waals surface area contributed by atoms with Crippen LogP contribution in [0.2, 0.25) is 0 Å². The van der Waals surface area contributed by atoms with E-state index in [-0.39, 0.29) is 0 Å². The lowest BCUT2D eigenvalue weighted by Crippen LogP contribution is -2.27. The van der Waals surface area contributed by atoms with Gasteiger partial charge >= 0.3 is 0 Å². The standard InChI is InChI=1S/C17H29N3/c1-3-10-18-14-16-8-5-11-19-17(16)20-12-6-7-15(4-2)9-13-20/h5,8,11,15,18H,3-4,6-7,9-10,12-14H2,1-2H3. The molecule has 1 fully saturated rings. The second kappa shape index (κ2) is 8.25. The van der Waals surface area contributed by atoms with Crippen LogP contribution in [0.1, 0.15) is 51.5 Å². The van der Waals surface area contributed by atoms with Gasteiger partial charge < -0.3 is 10.2 Å². The normalized spacial score (nSPS) is 19.9. The minimum absolute atomic E-state index is 0.908. The number of hydrogen-bond acceptors (Lipinski definition) is 3. The molecule has 1 unspecified atom stereocenters. The molecule has 1 aromatic rings. The molecule has 0 bridgehead atoms. The molecule has 2 rings (SSSR count). The highest BCUT2D eigenvalue weighted by molar-refractivity contribution is 5.46. The first-order chi connectivity index (χ1) is 9.85. The van der Waals surface area contributed by atoms with Crippen molar-refractivity contribution >= 4 is 5.82 Å². The molecule has 0 aromatic carbocycles. The third kappa shape index (κ3) is 4.20. The molecule has 1 aliphatic heterocycles. The Morgan fingerprint density at radius 3 is 3.00 bits per heavy atom. The zero-order chi connectivity index (χ0) is 14.2. The monoisotopic (exact) mass is 275 g/mol. The van der Waals surface area contributed by atoms with Gasteiger partial charge in [0.2, 0.25) is 0 Å². The number of pyridine rings is 1. The second-order valence-electron chi connectivity index (χ2n) is 5.86. The van der Waals surface area contributed by atoms with Crippen LogP contribution in [0.3, 0.4) is 0 Å². The molecule has 1 aliphatic rings. The first-order valence-corrected chi connectivity index (χ1v) is 8.24. The van der Waals surface area contributed by atoms with E-state index in [4.69, 9.17) is 0 Å². The van der Waals surface area contributed by atoms with Gasteiger partial charge in [-0.2, -0.15) is 0 Å². The van der Waals surface area contributed by atoms with Crippen molar-refractivity contribution in [2.24, 2.45) is 5.92 Å². The highest BCUT2D eigenvalue weighted by Gasteiger charge is 2.18. The van der Waals surface area contributed by atoms with Crippen molar-refractivity contribution in [1.82, 2.24) is 10.3 Å². The van der Waals surface area contributed by atoms with Gasteiger partial charge in [0.05, 0.1) is 0 Å². The lowest BCUT2D eigenvalue weighted by Gasteiger charge is -2.24. The van der Waals surface area contributed by atoms with Crippen molar-refractivity contribution in [2.45, 2.75) is 52.5 Å². The average molecular weight is 275 g/mol. The van der Waals surface area contributed by atoms with Gasteiger partial charge in [-0.25, -0.2) is 4.98 Å². The van der Waals surface area contributed by atoms with Gasteiger partial charge in [0, 0.05) is 31.4 Å². The van der Waals surface area contributed by atoms with E-state index in [0.29, 0.717) is 0 Å². The van der Waals surface area contributed by atoms with Crippen LogP contribution < -0.4 is 10.2 Å². The van der Waals surface area contributed by atoms with Gasteiger partial charge in [0.25, 0.3) is 0 Å². The third-order valence-corrected chi connectivity index (χ3v) is 4.33.